The van der Waals surface area contributed by atoms with E-state index in [0.717, 1.165) is 47.6 Å². The van der Waals surface area contributed by atoms with Crippen molar-refractivity contribution in [2.45, 2.75) is 118 Å². The van der Waals surface area contributed by atoms with Gasteiger partial charge in [-0.2, -0.15) is 17.5 Å². The number of carboxylic acid groups (broad SMARTS) is 1. The van der Waals surface area contributed by atoms with Crippen molar-refractivity contribution >= 4 is 21.9 Å². The number of aryl methyl sites for hydroxylation is 1. The number of carbonyl (C=O) groups is 2. The van der Waals surface area contributed by atoms with E-state index in [1.807, 2.05) is 36.4 Å². The third-order valence-electron chi connectivity index (χ3n) is 12.8. The number of benzene rings is 3. The number of sulfonamides is 1. The van der Waals surface area contributed by atoms with E-state index in [2.05, 4.69) is 114 Å². The van der Waals surface area contributed by atoms with E-state index >= 15 is 0 Å². The lowest BCUT2D eigenvalue weighted by atomic mass is 9.45. The molecule has 0 radical (unpaired) electrons. The number of nitrogens with zero attached hydrogens (tertiary/aromatic N) is 3. The Hall–Kier alpha value is -3.98. The molecule has 1 saturated heterocycles. The third-order valence-corrected chi connectivity index (χ3v) is 14.7. The molecular weight excluding hydrogens is 806 g/mol. The molecule has 0 aromatic heterocycles. The second kappa shape index (κ2) is 19.2. The molecule has 2 bridgehead atoms. The maximum Gasteiger partial charge on any atom is 0.490 e. The van der Waals surface area contributed by atoms with Crippen LogP contribution in [0.1, 0.15) is 89.5 Å². The smallest absolute Gasteiger partial charge is 0.475 e. The fourth-order valence-corrected chi connectivity index (χ4v) is 11.2. The van der Waals surface area contributed by atoms with Crippen molar-refractivity contribution in [2.75, 3.05) is 26.4 Å². The topological polar surface area (TPSA) is 119 Å². The zero-order chi connectivity index (χ0) is 45.1. The van der Waals surface area contributed by atoms with Gasteiger partial charge in [-0.05, 0) is 105 Å². The number of fused-ring (bicyclic) bond motifs is 2. The molecule has 1 aliphatic heterocycles. The molecule has 10 nitrogen and oxygen atoms in total. The lowest BCUT2D eigenvalue weighted by Gasteiger charge is -2.62. The molecule has 2 N–H and O–H groups in total. The summed E-state index contributed by atoms with van der Waals surface area (Å²) < 4.78 is 66.6. The van der Waals surface area contributed by atoms with Crippen LogP contribution in [0.4, 0.5) is 13.2 Å². The minimum atomic E-state index is -5.08. The first kappa shape index (κ1) is 48.1. The lowest BCUT2D eigenvalue weighted by molar-refractivity contribution is -0.192. The summed E-state index contributed by atoms with van der Waals surface area (Å²) in [7, 11) is 0.690. The molecule has 4 aliphatic rings. The van der Waals surface area contributed by atoms with Crippen molar-refractivity contribution < 1.29 is 41.0 Å². The first-order chi connectivity index (χ1) is 28.3. The molecule has 4 fully saturated rings. The number of halogens is 3. The Bertz CT molecular complexity index is 2090. The highest BCUT2D eigenvalue weighted by Crippen LogP contribution is 2.61. The molecule has 14 heteroatoms. The van der Waals surface area contributed by atoms with Crippen LogP contribution in [0.2, 0.25) is 0 Å². The van der Waals surface area contributed by atoms with Gasteiger partial charge in [0.15, 0.2) is 0 Å². The van der Waals surface area contributed by atoms with Gasteiger partial charge in [-0.1, -0.05) is 102 Å². The summed E-state index contributed by atoms with van der Waals surface area (Å²) in [6, 6.07) is 24.4. The first-order valence-corrected chi connectivity index (χ1v) is 22.8. The first-order valence-electron chi connectivity index (χ1n) is 21.2. The number of aliphatic carboxylic acids is 1. The fraction of sp³-hybridized carbons (Fsp3) is 0.574. The van der Waals surface area contributed by atoms with Crippen molar-refractivity contribution in [3.05, 3.63) is 95.1 Å². The summed E-state index contributed by atoms with van der Waals surface area (Å²) in [6.07, 6.45) is -1.56. The molecule has 61 heavy (non-hydrogen) atoms. The molecule has 7 rings (SSSR count). The van der Waals surface area contributed by atoms with Crippen LogP contribution in [0.5, 0.6) is 11.5 Å². The van der Waals surface area contributed by atoms with E-state index < -0.39 is 28.2 Å². The number of para-hydroxylation sites is 1. The largest absolute Gasteiger partial charge is 0.490 e. The van der Waals surface area contributed by atoms with E-state index in [0.29, 0.717) is 42.7 Å². The number of nitrogens with one attached hydrogen (secondary N) is 1. The standard InChI is InChI=1S/C45H64N4O4S.C2HF3O2/c1-31-17-19-38(20-18-31)53-42-16-11-10-15-35(42)29-48(37(30-47(8)9)26-44(3,4)5)27-33-13-12-14-34(23-33)28-49-41(21-22-54(49,51)52)43(50)46-40-25-36-24-39(32(40)2)45(36,6)7;3-2(4,5)1(6)7/h10-20,23,32,36-37,39-41H,21-22,24-30H2,1-9H3,(H,46,50);(H,6,7)/t32-,36+,37-,39-,40-,41?;/m0./s1. The number of hydrogen-bond donors (Lipinski definition) is 2. The van der Waals surface area contributed by atoms with Gasteiger partial charge in [-0.25, -0.2) is 13.2 Å². The van der Waals surface area contributed by atoms with Gasteiger partial charge in [0, 0.05) is 43.8 Å². The van der Waals surface area contributed by atoms with Gasteiger partial charge in [0.1, 0.15) is 17.5 Å². The van der Waals surface area contributed by atoms with Crippen LogP contribution in [0.15, 0.2) is 72.8 Å². The van der Waals surface area contributed by atoms with Crippen LogP contribution in [-0.4, -0.2) is 90.2 Å². The van der Waals surface area contributed by atoms with E-state index in [1.165, 1.54) is 16.3 Å². The highest BCUT2D eigenvalue weighted by molar-refractivity contribution is 7.89. The highest BCUT2D eigenvalue weighted by atomic mass is 32.2. The predicted molar refractivity (Wildman–Crippen MR) is 232 cm³/mol. The predicted octanol–water partition coefficient (Wildman–Crippen LogP) is 8.88. The Labute approximate surface area is 360 Å². The van der Waals surface area contributed by atoms with Crippen molar-refractivity contribution in [1.82, 2.24) is 19.4 Å². The summed E-state index contributed by atoms with van der Waals surface area (Å²) in [6.45, 7) is 18.4. The quantitative estimate of drug-likeness (QED) is 0.165. The lowest BCUT2D eigenvalue weighted by Crippen LogP contribution is -2.61. The number of carboxylic acids is 1. The van der Waals surface area contributed by atoms with Crippen LogP contribution in [0, 0.1) is 35.5 Å². The maximum atomic E-state index is 13.8. The molecule has 1 unspecified atom stereocenters. The summed E-state index contributed by atoms with van der Waals surface area (Å²) >= 11 is 0. The van der Waals surface area contributed by atoms with Gasteiger partial charge in [0.05, 0.1) is 5.75 Å². The molecule has 3 aromatic rings. The number of ether oxygens (including phenoxy) is 1. The third kappa shape index (κ3) is 12.6. The molecule has 3 aliphatic carbocycles. The Morgan fingerprint density at radius 2 is 1.61 bits per heavy atom. The molecule has 1 amide bonds. The van der Waals surface area contributed by atoms with Crippen molar-refractivity contribution in [3.8, 4) is 11.5 Å². The van der Waals surface area contributed by atoms with Gasteiger partial charge >= 0.3 is 12.1 Å². The number of likely N-dealkylation sites (N-methyl/N-ethyl adjacent to an activating group) is 1. The summed E-state index contributed by atoms with van der Waals surface area (Å²) in [4.78, 5) is 27.5. The zero-order valence-corrected chi connectivity index (χ0v) is 37.9. The molecule has 3 aromatic carbocycles. The molecule has 6 atom stereocenters. The fourth-order valence-electron chi connectivity index (χ4n) is 9.48. The van der Waals surface area contributed by atoms with Crippen LogP contribution in [-0.2, 0) is 39.2 Å². The van der Waals surface area contributed by atoms with Gasteiger partial charge in [-0.3, -0.25) is 9.69 Å². The number of alkyl halides is 3. The average Bonchev–Trinajstić information content (AvgIpc) is 3.45. The number of rotatable bonds is 14. The highest BCUT2D eigenvalue weighted by Gasteiger charge is 2.57. The number of carbonyl (C=O) groups excluding carboxylic acids is 1. The van der Waals surface area contributed by atoms with Crippen LogP contribution >= 0.6 is 0 Å². The van der Waals surface area contributed by atoms with Crippen molar-refractivity contribution in [2.24, 2.45) is 28.6 Å². The van der Waals surface area contributed by atoms with E-state index in [9.17, 15) is 26.4 Å². The number of amides is 1. The minimum Gasteiger partial charge on any atom is -0.475 e. The monoisotopic (exact) mass is 870 g/mol. The summed E-state index contributed by atoms with van der Waals surface area (Å²) in [5.41, 5.74) is 4.72. The summed E-state index contributed by atoms with van der Waals surface area (Å²) in [5.74, 6) is 0.348. The van der Waals surface area contributed by atoms with Crippen LogP contribution < -0.4 is 10.1 Å². The Morgan fingerprint density at radius 3 is 2.20 bits per heavy atom. The van der Waals surface area contributed by atoms with Crippen LogP contribution in [0.25, 0.3) is 0 Å². The van der Waals surface area contributed by atoms with Gasteiger partial charge in [0.2, 0.25) is 15.9 Å². The average molecular weight is 871 g/mol. The molecule has 0 spiro atoms. The molecular formula is C47H65F3N4O6S. The van der Waals surface area contributed by atoms with Crippen LogP contribution in [0.3, 0.4) is 0 Å². The summed E-state index contributed by atoms with van der Waals surface area (Å²) in [5, 5.41) is 10.5. The second-order valence-corrected chi connectivity index (χ2v) is 21.5. The molecule has 1 heterocycles. The van der Waals surface area contributed by atoms with E-state index in [1.54, 1.807) is 0 Å². The van der Waals surface area contributed by atoms with E-state index in [4.69, 9.17) is 14.6 Å². The Kier molecular flexibility index (Phi) is 15.1. The van der Waals surface area contributed by atoms with Gasteiger partial charge < -0.3 is 20.1 Å². The van der Waals surface area contributed by atoms with Gasteiger partial charge in [0.25, 0.3) is 0 Å². The minimum absolute atomic E-state index is 0.000143. The SMILES string of the molecule is Cc1ccc(Oc2ccccc2CN(Cc2cccc(CN3C(C(=O)N[C@H]4C[C@H]5C[C@@H]([C@@H]4C)C5(C)C)CCS3(=O)=O)c2)[C@H](CN(C)C)CC(C)(C)C)cc1.O=C(O)C(F)(F)F. The van der Waals surface area contributed by atoms with E-state index in [-0.39, 0.29) is 35.7 Å². The molecule has 336 valence electrons. The van der Waals surface area contributed by atoms with Gasteiger partial charge in [-0.15, -0.1) is 0 Å². The maximum absolute atomic E-state index is 13.8. The zero-order valence-electron chi connectivity index (χ0n) is 37.1. The normalized spacial score (nSPS) is 23.7. The second-order valence-electron chi connectivity index (χ2n) is 19.5. The van der Waals surface area contributed by atoms with Crippen molar-refractivity contribution in [1.29, 1.82) is 0 Å². The van der Waals surface area contributed by atoms with Crippen molar-refractivity contribution in [3.63, 3.8) is 0 Å². The Morgan fingerprint density at radius 1 is 0.967 bits per heavy atom. The number of hydrogen-bond acceptors (Lipinski definition) is 7. The Balaban J connectivity index is 0.000000925. The molecule has 3 saturated carbocycles.